The monoisotopic (exact) mass is 297 g/mol. The first-order valence-electron chi connectivity index (χ1n) is 7.84. The van der Waals surface area contributed by atoms with Gasteiger partial charge in [-0.05, 0) is 36.8 Å². The van der Waals surface area contributed by atoms with Gasteiger partial charge >= 0.3 is 0 Å². The van der Waals surface area contributed by atoms with Crippen LogP contribution in [0.25, 0.3) is 0 Å². The predicted molar refractivity (Wildman–Crippen MR) is 82.8 cm³/mol. The van der Waals surface area contributed by atoms with Crippen LogP contribution in [-0.2, 0) is 19.4 Å². The number of nitrogens with zero attached hydrogens (tertiary/aromatic N) is 1. The molecule has 0 unspecified atom stereocenters. The highest BCUT2D eigenvalue weighted by atomic mass is 16.4. The number of benzene rings is 1. The molecule has 4 heteroatoms. The minimum Gasteiger partial charge on any atom is -0.502 e. The van der Waals surface area contributed by atoms with Gasteiger partial charge < -0.3 is 9.52 Å². The van der Waals surface area contributed by atoms with Crippen LogP contribution in [0.4, 0.5) is 0 Å². The molecule has 0 spiro atoms. The van der Waals surface area contributed by atoms with Crippen molar-refractivity contribution < 1.29 is 9.52 Å². The second kappa shape index (κ2) is 5.29. The van der Waals surface area contributed by atoms with Crippen molar-refractivity contribution in [3.8, 4) is 5.75 Å². The molecule has 0 atom stereocenters. The molecule has 4 nitrogen and oxygen atoms in total. The highest BCUT2D eigenvalue weighted by Crippen LogP contribution is 2.35. The minimum atomic E-state index is -0.369. The summed E-state index contributed by atoms with van der Waals surface area (Å²) in [7, 11) is 0. The van der Waals surface area contributed by atoms with Gasteiger partial charge in [0.25, 0.3) is 0 Å². The highest BCUT2D eigenvalue weighted by Gasteiger charge is 2.37. The molecule has 0 amide bonds. The van der Waals surface area contributed by atoms with Crippen molar-refractivity contribution in [3.05, 3.63) is 63.7 Å². The molecule has 1 N–H and O–H groups in total. The average molecular weight is 297 g/mol. The molecule has 1 aromatic heterocycles. The van der Waals surface area contributed by atoms with E-state index in [1.54, 1.807) is 0 Å². The van der Waals surface area contributed by atoms with Crippen molar-refractivity contribution in [2.75, 3.05) is 0 Å². The molecule has 2 aliphatic carbocycles. The van der Waals surface area contributed by atoms with Crippen LogP contribution in [0.5, 0.6) is 5.75 Å². The second-order valence-corrected chi connectivity index (χ2v) is 6.33. The molecule has 22 heavy (non-hydrogen) atoms. The smallest absolute Gasteiger partial charge is 0.226 e. The normalized spacial score (nSPS) is 17.9. The van der Waals surface area contributed by atoms with E-state index in [0.29, 0.717) is 24.4 Å². The molecule has 2 aliphatic rings. The van der Waals surface area contributed by atoms with Gasteiger partial charge in [0.15, 0.2) is 5.75 Å². The van der Waals surface area contributed by atoms with E-state index in [4.69, 9.17) is 4.42 Å². The van der Waals surface area contributed by atoms with Crippen LogP contribution >= 0.6 is 0 Å². The number of aromatic hydroxyl groups is 1. The largest absolute Gasteiger partial charge is 0.502 e. The zero-order valence-electron chi connectivity index (χ0n) is 12.4. The molecule has 1 saturated carbocycles. The Bertz CT molecular complexity index is 723. The van der Waals surface area contributed by atoms with E-state index >= 15 is 0 Å². The summed E-state index contributed by atoms with van der Waals surface area (Å²) in [5.41, 5.74) is 2.50. The molecule has 1 aromatic carbocycles. The van der Waals surface area contributed by atoms with Crippen LogP contribution < -0.4 is 5.43 Å². The van der Waals surface area contributed by atoms with Gasteiger partial charge in [-0.15, -0.1) is 0 Å². The van der Waals surface area contributed by atoms with Gasteiger partial charge in [-0.25, -0.2) is 0 Å². The molecule has 1 heterocycles. The third-order valence-electron chi connectivity index (χ3n) is 4.72. The Labute approximate surface area is 129 Å². The Morgan fingerprint density at radius 3 is 2.41 bits per heavy atom. The first kappa shape index (κ1) is 13.6. The molecule has 0 bridgehead atoms. The lowest BCUT2D eigenvalue weighted by atomic mass is 10.1. The molecule has 2 aromatic rings. The summed E-state index contributed by atoms with van der Waals surface area (Å²) in [6.07, 6.45) is 5.71. The maximum atomic E-state index is 11.6. The fourth-order valence-corrected chi connectivity index (χ4v) is 3.44. The number of rotatable bonds is 4. The summed E-state index contributed by atoms with van der Waals surface area (Å²) in [6.45, 7) is 0.638. The number of hydrogen-bond acceptors (Lipinski definition) is 4. The van der Waals surface area contributed by atoms with E-state index in [0.717, 1.165) is 19.1 Å². The van der Waals surface area contributed by atoms with Crippen LogP contribution in [0.2, 0.25) is 0 Å². The van der Waals surface area contributed by atoms with Crippen LogP contribution in [0.15, 0.2) is 45.8 Å². The fraction of sp³-hybridized carbons (Fsp3) is 0.389. The van der Waals surface area contributed by atoms with Gasteiger partial charge in [-0.1, -0.05) is 24.3 Å². The SMILES string of the molecule is O=c1cc(CN(C2CC2)C2Cc3ccccc3C2)occ1O. The van der Waals surface area contributed by atoms with E-state index in [2.05, 4.69) is 29.2 Å². The van der Waals surface area contributed by atoms with Gasteiger partial charge in [0.2, 0.25) is 5.43 Å². The van der Waals surface area contributed by atoms with Crippen molar-refractivity contribution in [1.82, 2.24) is 4.90 Å². The van der Waals surface area contributed by atoms with Gasteiger partial charge in [-0.3, -0.25) is 9.69 Å². The number of fused-ring (bicyclic) bond motifs is 1. The molecule has 1 fully saturated rings. The van der Waals surface area contributed by atoms with Crippen molar-refractivity contribution in [1.29, 1.82) is 0 Å². The molecule has 0 saturated heterocycles. The molecular formula is C18H19NO3. The lowest BCUT2D eigenvalue weighted by Crippen LogP contribution is -2.37. The zero-order chi connectivity index (χ0) is 15.1. The van der Waals surface area contributed by atoms with Crippen molar-refractivity contribution in [2.24, 2.45) is 0 Å². The molecule has 0 aliphatic heterocycles. The summed E-state index contributed by atoms with van der Waals surface area (Å²) in [6, 6.07) is 11.1. The average Bonchev–Trinajstić information content (AvgIpc) is 3.26. The van der Waals surface area contributed by atoms with E-state index in [1.807, 2.05) is 0 Å². The zero-order valence-corrected chi connectivity index (χ0v) is 12.4. The molecule has 114 valence electrons. The first-order valence-corrected chi connectivity index (χ1v) is 7.84. The lowest BCUT2D eigenvalue weighted by molar-refractivity contribution is 0.166. The lowest BCUT2D eigenvalue weighted by Gasteiger charge is -2.28. The topological polar surface area (TPSA) is 53.7 Å². The van der Waals surface area contributed by atoms with Gasteiger partial charge in [0.1, 0.15) is 12.0 Å². The van der Waals surface area contributed by atoms with Gasteiger partial charge in [-0.2, -0.15) is 0 Å². The maximum absolute atomic E-state index is 11.6. The van der Waals surface area contributed by atoms with Crippen molar-refractivity contribution in [3.63, 3.8) is 0 Å². The van der Waals surface area contributed by atoms with Crippen LogP contribution in [0.3, 0.4) is 0 Å². The van der Waals surface area contributed by atoms with Crippen LogP contribution in [0.1, 0.15) is 29.7 Å². The standard InChI is InChI=1S/C18H19NO3/c20-17-9-16(22-11-18(17)21)10-19(14-5-6-14)15-7-12-3-1-2-4-13(12)8-15/h1-4,9,11,14-15,21H,5-8,10H2. The summed E-state index contributed by atoms with van der Waals surface area (Å²) in [5.74, 6) is 0.306. The third kappa shape index (κ3) is 2.55. The Morgan fingerprint density at radius 1 is 1.14 bits per heavy atom. The number of hydrogen-bond donors (Lipinski definition) is 1. The van der Waals surface area contributed by atoms with E-state index in [9.17, 15) is 9.90 Å². The molecular weight excluding hydrogens is 278 g/mol. The fourth-order valence-electron chi connectivity index (χ4n) is 3.44. The Kier molecular flexibility index (Phi) is 3.26. The quantitative estimate of drug-likeness (QED) is 0.942. The van der Waals surface area contributed by atoms with Crippen LogP contribution in [0, 0.1) is 0 Å². The maximum Gasteiger partial charge on any atom is 0.226 e. The highest BCUT2D eigenvalue weighted by molar-refractivity contribution is 5.33. The van der Waals surface area contributed by atoms with Crippen LogP contribution in [-0.4, -0.2) is 22.1 Å². The first-order chi connectivity index (χ1) is 10.7. The van der Waals surface area contributed by atoms with E-state index < -0.39 is 0 Å². The van der Waals surface area contributed by atoms with E-state index in [-0.39, 0.29) is 11.2 Å². The summed E-state index contributed by atoms with van der Waals surface area (Å²) in [4.78, 5) is 14.0. The minimum absolute atomic E-state index is 0.324. The van der Waals surface area contributed by atoms with E-state index in [1.165, 1.54) is 30.0 Å². The molecule has 0 radical (unpaired) electrons. The molecule has 4 rings (SSSR count). The second-order valence-electron chi connectivity index (χ2n) is 6.33. The third-order valence-corrected chi connectivity index (χ3v) is 4.72. The Morgan fingerprint density at radius 2 is 1.82 bits per heavy atom. The summed E-state index contributed by atoms with van der Waals surface area (Å²) >= 11 is 0. The van der Waals surface area contributed by atoms with Crippen molar-refractivity contribution in [2.45, 2.75) is 44.3 Å². The Balaban J connectivity index is 1.55. The van der Waals surface area contributed by atoms with Gasteiger partial charge in [0, 0.05) is 18.2 Å². The Hall–Kier alpha value is -2.07. The predicted octanol–water partition coefficient (Wildman–Crippen LogP) is 2.48. The summed E-state index contributed by atoms with van der Waals surface area (Å²) in [5, 5.41) is 9.31. The van der Waals surface area contributed by atoms with Gasteiger partial charge in [0.05, 0.1) is 6.54 Å². The van der Waals surface area contributed by atoms with Crippen molar-refractivity contribution >= 4 is 0 Å². The summed E-state index contributed by atoms with van der Waals surface area (Å²) < 4.78 is 5.39.